The molecule has 2 rings (SSSR count). The fourth-order valence-corrected chi connectivity index (χ4v) is 2.37. The van der Waals surface area contributed by atoms with Crippen LogP contribution in [-0.2, 0) is 4.79 Å². The van der Waals surface area contributed by atoms with E-state index in [4.69, 9.17) is 0 Å². The molecule has 104 valence electrons. The molecule has 20 heavy (non-hydrogen) atoms. The maximum atomic E-state index is 12.1. The quantitative estimate of drug-likeness (QED) is 0.885. The molecule has 1 heterocycles. The van der Waals surface area contributed by atoms with Crippen molar-refractivity contribution in [1.82, 2.24) is 10.3 Å². The smallest absolute Gasteiger partial charge is 0.308 e. The highest BCUT2D eigenvalue weighted by Gasteiger charge is 2.27. The number of rotatable bonds is 5. The summed E-state index contributed by atoms with van der Waals surface area (Å²) < 4.78 is 0. The van der Waals surface area contributed by atoms with E-state index >= 15 is 0 Å². The fourth-order valence-electron chi connectivity index (χ4n) is 1.84. The molecule has 0 spiro atoms. The van der Waals surface area contributed by atoms with Crippen LogP contribution in [0.15, 0.2) is 41.2 Å². The molecule has 2 aromatic rings. The number of nitrogens with zero attached hydrogens (tertiary/aromatic N) is 1. The zero-order chi connectivity index (χ0) is 14.5. The SMILES string of the molecule is CC(C(=O)O)C(NC(=O)c1cscn1)c1ccccc1. The van der Waals surface area contributed by atoms with Crippen molar-refractivity contribution in [1.29, 1.82) is 0 Å². The number of hydrogen-bond donors (Lipinski definition) is 2. The summed E-state index contributed by atoms with van der Waals surface area (Å²) in [5.41, 5.74) is 2.62. The largest absolute Gasteiger partial charge is 0.481 e. The van der Waals surface area contributed by atoms with E-state index in [0.717, 1.165) is 5.56 Å². The third kappa shape index (κ3) is 3.21. The number of nitrogens with one attached hydrogen (secondary N) is 1. The number of aromatic nitrogens is 1. The molecule has 0 saturated carbocycles. The first kappa shape index (κ1) is 14.2. The Morgan fingerprint density at radius 2 is 2.00 bits per heavy atom. The Bertz CT molecular complexity index is 584. The molecular weight excluding hydrogens is 276 g/mol. The van der Waals surface area contributed by atoms with Gasteiger partial charge >= 0.3 is 5.97 Å². The normalized spacial score (nSPS) is 13.4. The monoisotopic (exact) mass is 290 g/mol. The number of aliphatic carboxylic acids is 1. The van der Waals surface area contributed by atoms with Crippen LogP contribution < -0.4 is 5.32 Å². The Hall–Kier alpha value is -2.21. The molecule has 0 bridgehead atoms. The second-order valence-electron chi connectivity index (χ2n) is 4.36. The number of carbonyl (C=O) groups excluding carboxylic acids is 1. The second kappa shape index (κ2) is 6.29. The summed E-state index contributed by atoms with van der Waals surface area (Å²) in [7, 11) is 0. The average Bonchev–Trinajstić information content (AvgIpc) is 2.99. The van der Waals surface area contributed by atoms with Gasteiger partial charge in [0.05, 0.1) is 17.5 Å². The number of carboxylic acid groups (broad SMARTS) is 1. The number of carboxylic acids is 1. The zero-order valence-corrected chi connectivity index (χ0v) is 11.6. The summed E-state index contributed by atoms with van der Waals surface area (Å²) in [6.07, 6.45) is 0. The lowest BCUT2D eigenvalue weighted by atomic mass is 9.94. The molecule has 0 aliphatic rings. The van der Waals surface area contributed by atoms with Crippen LogP contribution in [0.1, 0.15) is 29.0 Å². The van der Waals surface area contributed by atoms with Gasteiger partial charge in [0.25, 0.3) is 5.91 Å². The van der Waals surface area contributed by atoms with Crippen LogP contribution >= 0.6 is 11.3 Å². The number of hydrogen-bond acceptors (Lipinski definition) is 4. The minimum absolute atomic E-state index is 0.300. The summed E-state index contributed by atoms with van der Waals surface area (Å²) in [4.78, 5) is 27.2. The van der Waals surface area contributed by atoms with E-state index in [1.807, 2.05) is 18.2 Å². The molecule has 0 aliphatic carbocycles. The predicted octanol–water partition coefficient (Wildman–Crippen LogP) is 2.33. The van der Waals surface area contributed by atoms with Gasteiger partial charge < -0.3 is 10.4 Å². The van der Waals surface area contributed by atoms with E-state index in [1.54, 1.807) is 29.9 Å². The molecule has 5 nitrogen and oxygen atoms in total. The van der Waals surface area contributed by atoms with Crippen molar-refractivity contribution in [3.05, 3.63) is 52.5 Å². The second-order valence-corrected chi connectivity index (χ2v) is 5.08. The first-order chi connectivity index (χ1) is 9.59. The maximum absolute atomic E-state index is 12.1. The molecule has 0 aliphatic heterocycles. The molecule has 1 aromatic carbocycles. The highest BCUT2D eigenvalue weighted by molar-refractivity contribution is 7.07. The van der Waals surface area contributed by atoms with E-state index in [9.17, 15) is 14.7 Å². The van der Waals surface area contributed by atoms with Crippen molar-refractivity contribution in [3.8, 4) is 0 Å². The van der Waals surface area contributed by atoms with E-state index in [1.165, 1.54) is 11.3 Å². The molecule has 1 aromatic heterocycles. The Balaban J connectivity index is 2.24. The van der Waals surface area contributed by atoms with Crippen molar-refractivity contribution < 1.29 is 14.7 Å². The van der Waals surface area contributed by atoms with Crippen molar-refractivity contribution in [3.63, 3.8) is 0 Å². The lowest BCUT2D eigenvalue weighted by molar-refractivity contribution is -0.142. The van der Waals surface area contributed by atoms with Gasteiger partial charge in [0.2, 0.25) is 0 Å². The van der Waals surface area contributed by atoms with Crippen LogP contribution in [-0.4, -0.2) is 22.0 Å². The Kier molecular flexibility index (Phi) is 4.47. The van der Waals surface area contributed by atoms with Crippen molar-refractivity contribution in [2.75, 3.05) is 0 Å². The predicted molar refractivity (Wildman–Crippen MR) is 75.6 cm³/mol. The molecule has 6 heteroatoms. The van der Waals surface area contributed by atoms with Crippen LogP contribution in [0, 0.1) is 5.92 Å². The number of amides is 1. The van der Waals surface area contributed by atoms with Gasteiger partial charge in [0.1, 0.15) is 5.69 Å². The van der Waals surface area contributed by atoms with Gasteiger partial charge in [-0.25, -0.2) is 4.98 Å². The third-order valence-corrected chi connectivity index (χ3v) is 3.59. The molecule has 2 atom stereocenters. The van der Waals surface area contributed by atoms with Crippen molar-refractivity contribution >= 4 is 23.2 Å². The number of thiazole rings is 1. The summed E-state index contributed by atoms with van der Waals surface area (Å²) in [5, 5.41) is 13.6. The molecule has 1 amide bonds. The minimum atomic E-state index is -0.961. The Morgan fingerprint density at radius 3 is 2.55 bits per heavy atom. The van der Waals surface area contributed by atoms with Crippen LogP contribution in [0.5, 0.6) is 0 Å². The van der Waals surface area contributed by atoms with Gasteiger partial charge in [-0.05, 0) is 12.5 Å². The average molecular weight is 290 g/mol. The van der Waals surface area contributed by atoms with Gasteiger partial charge in [-0.2, -0.15) is 0 Å². The van der Waals surface area contributed by atoms with E-state index in [2.05, 4.69) is 10.3 Å². The summed E-state index contributed by atoms with van der Waals surface area (Å²) >= 11 is 1.32. The topological polar surface area (TPSA) is 79.3 Å². The zero-order valence-electron chi connectivity index (χ0n) is 10.8. The van der Waals surface area contributed by atoms with Gasteiger partial charge in [0, 0.05) is 5.38 Å². The van der Waals surface area contributed by atoms with Crippen LogP contribution in [0.4, 0.5) is 0 Å². The van der Waals surface area contributed by atoms with Crippen molar-refractivity contribution in [2.45, 2.75) is 13.0 Å². The van der Waals surface area contributed by atoms with Crippen molar-refractivity contribution in [2.24, 2.45) is 5.92 Å². The third-order valence-electron chi connectivity index (χ3n) is 3.00. The fraction of sp³-hybridized carbons (Fsp3) is 0.214. The first-order valence-corrected chi connectivity index (χ1v) is 7.00. The van der Waals surface area contributed by atoms with E-state index in [0.29, 0.717) is 5.69 Å². The van der Waals surface area contributed by atoms with E-state index < -0.39 is 17.9 Å². The first-order valence-electron chi connectivity index (χ1n) is 6.06. The lowest BCUT2D eigenvalue weighted by Gasteiger charge is -2.22. The molecule has 0 radical (unpaired) electrons. The summed E-state index contributed by atoms with van der Waals surface area (Å²) in [6.45, 7) is 1.57. The standard InChI is InChI=1S/C14H14N2O3S/c1-9(14(18)19)12(10-5-3-2-4-6-10)16-13(17)11-7-20-8-15-11/h2-9,12H,1H3,(H,16,17)(H,18,19). The number of benzene rings is 1. The summed E-state index contributed by atoms with van der Waals surface area (Å²) in [5.74, 6) is -2.06. The molecular formula is C14H14N2O3S. The summed E-state index contributed by atoms with van der Waals surface area (Å²) in [6, 6.07) is 8.46. The lowest BCUT2D eigenvalue weighted by Crippen LogP contribution is -2.35. The van der Waals surface area contributed by atoms with E-state index in [-0.39, 0.29) is 5.91 Å². The van der Waals surface area contributed by atoms with Crippen LogP contribution in [0.2, 0.25) is 0 Å². The molecule has 2 unspecified atom stereocenters. The van der Waals surface area contributed by atoms with Gasteiger partial charge in [-0.15, -0.1) is 11.3 Å². The maximum Gasteiger partial charge on any atom is 0.308 e. The van der Waals surface area contributed by atoms with Crippen LogP contribution in [0.3, 0.4) is 0 Å². The molecule has 2 N–H and O–H groups in total. The molecule has 0 saturated heterocycles. The van der Waals surface area contributed by atoms with Crippen LogP contribution in [0.25, 0.3) is 0 Å². The van der Waals surface area contributed by atoms with Gasteiger partial charge in [-0.1, -0.05) is 30.3 Å². The Labute approximate surface area is 120 Å². The number of carbonyl (C=O) groups is 2. The highest BCUT2D eigenvalue weighted by Crippen LogP contribution is 2.22. The molecule has 0 fully saturated rings. The van der Waals surface area contributed by atoms with Gasteiger partial charge in [0.15, 0.2) is 0 Å². The minimum Gasteiger partial charge on any atom is -0.481 e. The highest BCUT2D eigenvalue weighted by atomic mass is 32.1. The van der Waals surface area contributed by atoms with Gasteiger partial charge in [-0.3, -0.25) is 9.59 Å². The Morgan fingerprint density at radius 1 is 1.30 bits per heavy atom.